The quantitative estimate of drug-likeness (QED) is 0.307. The summed E-state index contributed by atoms with van der Waals surface area (Å²) in [7, 11) is 4.73. The molecule has 0 fully saturated rings. The lowest BCUT2D eigenvalue weighted by Gasteiger charge is -2.37. The average Bonchev–Trinajstić information content (AvgIpc) is 3.41. The largest absolute Gasteiger partial charge is 0.493 e. The van der Waals surface area contributed by atoms with Crippen LogP contribution in [0.5, 0.6) is 17.2 Å². The number of fused-ring (bicyclic) bond motifs is 1. The summed E-state index contributed by atoms with van der Waals surface area (Å²) in [6, 6.07) is 21.8. The predicted octanol–water partition coefficient (Wildman–Crippen LogP) is 6.37. The molecule has 5 nitrogen and oxygen atoms in total. The number of benzene rings is 3. The van der Waals surface area contributed by atoms with Gasteiger partial charge in [-0.3, -0.25) is 4.79 Å². The highest BCUT2D eigenvalue weighted by Gasteiger charge is 2.33. The van der Waals surface area contributed by atoms with Crippen LogP contribution < -0.4 is 14.2 Å². The van der Waals surface area contributed by atoms with E-state index in [1.54, 1.807) is 33.5 Å². The zero-order valence-electron chi connectivity index (χ0n) is 20.3. The highest BCUT2D eigenvalue weighted by molar-refractivity contribution is 7.17. The van der Waals surface area contributed by atoms with Gasteiger partial charge in [0, 0.05) is 17.0 Å². The van der Waals surface area contributed by atoms with E-state index in [1.165, 1.54) is 29.0 Å². The van der Waals surface area contributed by atoms with Crippen LogP contribution in [0.4, 0.5) is 4.39 Å². The maximum absolute atomic E-state index is 13.9. The van der Waals surface area contributed by atoms with Crippen LogP contribution in [-0.2, 0) is 6.42 Å². The molecule has 0 saturated heterocycles. The van der Waals surface area contributed by atoms with Crippen LogP contribution in [0.1, 0.15) is 32.4 Å². The Hall–Kier alpha value is -3.84. The number of carbonyl (C=O) groups excluding carboxylic acids is 1. The monoisotopic (exact) mass is 503 g/mol. The fourth-order valence-corrected chi connectivity index (χ4v) is 5.81. The molecular formula is C29H26FNO4S. The van der Waals surface area contributed by atoms with Crippen molar-refractivity contribution in [2.24, 2.45) is 0 Å². The van der Waals surface area contributed by atoms with E-state index in [2.05, 4.69) is 12.1 Å². The Kier molecular flexibility index (Phi) is 6.65. The molecule has 1 amide bonds. The van der Waals surface area contributed by atoms with Gasteiger partial charge in [0.25, 0.3) is 5.91 Å². The summed E-state index contributed by atoms with van der Waals surface area (Å²) in [6.07, 6.45) is 0.765. The van der Waals surface area contributed by atoms with Crippen LogP contribution in [0.25, 0.3) is 10.4 Å². The van der Waals surface area contributed by atoms with Gasteiger partial charge in [-0.15, -0.1) is 11.3 Å². The Bertz CT molecular complexity index is 1400. The molecule has 0 N–H and O–H groups in total. The number of hydrogen-bond donors (Lipinski definition) is 0. The van der Waals surface area contributed by atoms with Crippen molar-refractivity contribution in [1.29, 1.82) is 0 Å². The summed E-state index contributed by atoms with van der Waals surface area (Å²) in [5.74, 6) is 1.26. The minimum absolute atomic E-state index is 0.0606. The number of nitrogens with zero attached hydrogens (tertiary/aromatic N) is 1. The molecule has 0 radical (unpaired) electrons. The summed E-state index contributed by atoms with van der Waals surface area (Å²) in [6.45, 7) is 0.574. The van der Waals surface area contributed by atoms with Gasteiger partial charge in [-0.2, -0.15) is 0 Å². The van der Waals surface area contributed by atoms with Gasteiger partial charge in [-0.05, 0) is 59.5 Å². The van der Waals surface area contributed by atoms with Crippen LogP contribution in [0, 0.1) is 5.82 Å². The smallest absolute Gasteiger partial charge is 0.264 e. The van der Waals surface area contributed by atoms with E-state index < -0.39 is 0 Å². The molecule has 1 aliphatic rings. The van der Waals surface area contributed by atoms with E-state index in [0.29, 0.717) is 28.7 Å². The number of ether oxygens (including phenoxy) is 3. The van der Waals surface area contributed by atoms with Crippen molar-refractivity contribution >= 4 is 17.2 Å². The van der Waals surface area contributed by atoms with Crippen molar-refractivity contribution in [2.75, 3.05) is 27.9 Å². The fraction of sp³-hybridized carbons (Fsp3) is 0.207. The molecule has 4 aromatic rings. The molecule has 184 valence electrons. The fourth-order valence-electron chi connectivity index (χ4n) is 4.82. The Labute approximate surface area is 213 Å². The Morgan fingerprint density at radius 1 is 0.889 bits per heavy atom. The second kappa shape index (κ2) is 10.0. The third kappa shape index (κ3) is 4.20. The number of carbonyl (C=O) groups is 1. The van der Waals surface area contributed by atoms with Crippen LogP contribution in [0.3, 0.4) is 0 Å². The van der Waals surface area contributed by atoms with Crippen LogP contribution in [-0.4, -0.2) is 38.7 Å². The van der Waals surface area contributed by atoms with Gasteiger partial charge in [-0.1, -0.05) is 36.4 Å². The molecule has 0 spiro atoms. The van der Waals surface area contributed by atoms with Crippen molar-refractivity contribution in [3.8, 4) is 27.7 Å². The number of amides is 1. The molecule has 1 unspecified atom stereocenters. The molecule has 0 saturated carbocycles. The van der Waals surface area contributed by atoms with Gasteiger partial charge in [0.15, 0.2) is 11.5 Å². The Morgan fingerprint density at radius 3 is 2.36 bits per heavy atom. The Balaban J connectivity index is 1.52. The second-order valence-electron chi connectivity index (χ2n) is 8.45. The topological polar surface area (TPSA) is 48.0 Å². The molecular weight excluding hydrogens is 477 g/mol. The highest BCUT2D eigenvalue weighted by atomic mass is 32.1. The number of rotatable bonds is 6. The van der Waals surface area contributed by atoms with E-state index in [4.69, 9.17) is 14.2 Å². The minimum Gasteiger partial charge on any atom is -0.493 e. The third-order valence-corrected chi connectivity index (χ3v) is 7.62. The van der Waals surface area contributed by atoms with E-state index in [-0.39, 0.29) is 17.8 Å². The highest BCUT2D eigenvalue weighted by Crippen LogP contribution is 2.46. The van der Waals surface area contributed by atoms with Gasteiger partial charge >= 0.3 is 0 Å². The van der Waals surface area contributed by atoms with Gasteiger partial charge < -0.3 is 19.1 Å². The molecule has 2 heterocycles. The SMILES string of the molecule is COc1ccc(-c2ccc(C(=O)N3CCc4ccccc4C3c3ccc(F)cc3)s2)c(OC)c1OC. The summed E-state index contributed by atoms with van der Waals surface area (Å²) in [4.78, 5) is 17.3. The van der Waals surface area contributed by atoms with Crippen molar-refractivity contribution < 1.29 is 23.4 Å². The van der Waals surface area contributed by atoms with E-state index >= 15 is 0 Å². The van der Waals surface area contributed by atoms with Gasteiger partial charge in [0.1, 0.15) is 5.82 Å². The molecule has 3 aromatic carbocycles. The molecule has 0 aliphatic carbocycles. The standard InChI is InChI=1S/C29H26FNO4S/c1-33-23-13-12-22(27(34-2)28(23)35-3)24-14-15-25(36-24)29(32)31-17-16-18-6-4-5-7-21(18)26(31)19-8-10-20(30)11-9-19/h4-15,26H,16-17H2,1-3H3. The second-order valence-corrected chi connectivity index (χ2v) is 9.53. The van der Waals surface area contributed by atoms with Crippen LogP contribution >= 0.6 is 11.3 Å². The first-order valence-electron chi connectivity index (χ1n) is 11.6. The molecule has 5 rings (SSSR count). The van der Waals surface area contributed by atoms with Crippen LogP contribution in [0.2, 0.25) is 0 Å². The lowest BCUT2D eigenvalue weighted by molar-refractivity contribution is 0.0699. The number of methoxy groups -OCH3 is 3. The third-order valence-electron chi connectivity index (χ3n) is 6.52. The summed E-state index contributed by atoms with van der Waals surface area (Å²) in [5, 5.41) is 0. The van der Waals surface area contributed by atoms with Crippen molar-refractivity contribution in [1.82, 2.24) is 4.90 Å². The van der Waals surface area contributed by atoms with Crippen molar-refractivity contribution in [2.45, 2.75) is 12.5 Å². The molecule has 0 bridgehead atoms. The zero-order valence-corrected chi connectivity index (χ0v) is 21.1. The normalized spacial score (nSPS) is 14.8. The maximum Gasteiger partial charge on any atom is 0.264 e. The first-order valence-corrected chi connectivity index (χ1v) is 12.4. The summed E-state index contributed by atoms with van der Waals surface area (Å²) < 4.78 is 30.3. The maximum atomic E-state index is 13.9. The first kappa shape index (κ1) is 23.9. The summed E-state index contributed by atoms with van der Waals surface area (Å²) in [5.41, 5.74) is 3.98. The van der Waals surface area contributed by atoms with Crippen LogP contribution in [0.15, 0.2) is 72.8 Å². The summed E-state index contributed by atoms with van der Waals surface area (Å²) >= 11 is 1.40. The lowest BCUT2D eigenvalue weighted by Crippen LogP contribution is -2.40. The molecule has 1 atom stereocenters. The van der Waals surface area contributed by atoms with E-state index in [1.807, 2.05) is 41.3 Å². The number of thiophene rings is 1. The number of halogens is 1. The Morgan fingerprint density at radius 2 is 1.64 bits per heavy atom. The first-order chi connectivity index (χ1) is 17.5. The van der Waals surface area contributed by atoms with Gasteiger partial charge in [0.2, 0.25) is 5.75 Å². The van der Waals surface area contributed by atoms with Gasteiger partial charge in [0.05, 0.1) is 32.2 Å². The molecule has 36 heavy (non-hydrogen) atoms. The zero-order chi connectivity index (χ0) is 25.2. The van der Waals surface area contributed by atoms with Gasteiger partial charge in [-0.25, -0.2) is 4.39 Å². The lowest BCUT2D eigenvalue weighted by atomic mass is 9.88. The van der Waals surface area contributed by atoms with E-state index in [9.17, 15) is 9.18 Å². The molecule has 7 heteroatoms. The van der Waals surface area contributed by atoms with Crippen molar-refractivity contribution in [3.05, 3.63) is 100 Å². The van der Waals surface area contributed by atoms with Crippen molar-refractivity contribution in [3.63, 3.8) is 0 Å². The minimum atomic E-state index is -0.299. The molecule has 1 aromatic heterocycles. The molecule has 1 aliphatic heterocycles. The predicted molar refractivity (Wildman–Crippen MR) is 139 cm³/mol. The van der Waals surface area contributed by atoms with E-state index in [0.717, 1.165) is 28.0 Å². The average molecular weight is 504 g/mol. The number of hydrogen-bond acceptors (Lipinski definition) is 5.